The number of aryl methyl sites for hydroxylation is 2. The zero-order chi connectivity index (χ0) is 18.5. The van der Waals surface area contributed by atoms with Crippen molar-refractivity contribution in [3.05, 3.63) is 27.4 Å². The molecule has 26 heavy (non-hydrogen) atoms. The number of amides is 1. The molecule has 0 saturated heterocycles. The van der Waals surface area contributed by atoms with Crippen molar-refractivity contribution in [2.45, 2.75) is 78.2 Å². The molecule has 0 spiro atoms. The van der Waals surface area contributed by atoms with Crippen LogP contribution in [-0.4, -0.2) is 21.9 Å². The smallest absolute Gasteiger partial charge is 0.345 e. The Kier molecular flexibility index (Phi) is 4.44. The Hall–Kier alpha value is -1.65. The maximum Gasteiger partial charge on any atom is 0.345 e. The average Bonchev–Trinajstić information content (AvgIpc) is 2.52. The van der Waals surface area contributed by atoms with Gasteiger partial charge in [-0.2, -0.15) is 4.98 Å². The van der Waals surface area contributed by atoms with E-state index in [1.807, 2.05) is 13.8 Å². The van der Waals surface area contributed by atoms with Gasteiger partial charge >= 0.3 is 5.69 Å². The zero-order valence-corrected chi connectivity index (χ0v) is 16.2. The van der Waals surface area contributed by atoms with Gasteiger partial charge in [0.05, 0.1) is 0 Å². The Morgan fingerprint density at radius 1 is 1.19 bits per heavy atom. The minimum Gasteiger partial charge on any atom is -0.353 e. The van der Waals surface area contributed by atoms with Gasteiger partial charge in [-0.05, 0) is 94.4 Å². The van der Waals surface area contributed by atoms with Crippen LogP contribution in [0.4, 0.5) is 0 Å². The lowest BCUT2D eigenvalue weighted by atomic mass is 9.48. The third kappa shape index (κ3) is 3.21. The minimum absolute atomic E-state index is 0.123. The minimum atomic E-state index is -0.316. The number of rotatable bonds is 5. The summed E-state index contributed by atoms with van der Waals surface area (Å²) in [4.78, 5) is 30.7. The fourth-order valence-electron chi connectivity index (χ4n) is 6.54. The molecule has 0 aliphatic heterocycles. The summed E-state index contributed by atoms with van der Waals surface area (Å²) >= 11 is 0. The molecule has 4 aliphatic rings. The van der Waals surface area contributed by atoms with Gasteiger partial charge in [-0.15, -0.1) is 0 Å². The van der Waals surface area contributed by atoms with E-state index in [9.17, 15) is 9.59 Å². The fraction of sp³-hybridized carbons (Fsp3) is 0.762. The van der Waals surface area contributed by atoms with Gasteiger partial charge < -0.3 is 10.3 Å². The molecule has 1 atom stereocenters. The van der Waals surface area contributed by atoms with Gasteiger partial charge in [-0.25, -0.2) is 4.79 Å². The Labute approximate surface area is 155 Å². The molecule has 0 radical (unpaired) electrons. The Morgan fingerprint density at radius 3 is 2.31 bits per heavy atom. The first-order chi connectivity index (χ1) is 12.3. The summed E-state index contributed by atoms with van der Waals surface area (Å²) in [6, 6.07) is 0.263. The van der Waals surface area contributed by atoms with E-state index >= 15 is 0 Å². The number of hydrogen-bond acceptors (Lipinski definition) is 3. The third-order valence-electron chi connectivity index (χ3n) is 7.44. The lowest BCUT2D eigenvalue weighted by Crippen LogP contribution is -2.55. The van der Waals surface area contributed by atoms with Crippen molar-refractivity contribution in [3.8, 4) is 0 Å². The van der Waals surface area contributed by atoms with E-state index in [0.717, 1.165) is 34.7 Å². The van der Waals surface area contributed by atoms with Gasteiger partial charge in [0, 0.05) is 23.9 Å². The van der Waals surface area contributed by atoms with E-state index in [-0.39, 0.29) is 17.6 Å². The van der Waals surface area contributed by atoms with Crippen LogP contribution in [0.1, 0.15) is 68.8 Å². The van der Waals surface area contributed by atoms with Crippen molar-refractivity contribution < 1.29 is 4.79 Å². The van der Waals surface area contributed by atoms with Crippen LogP contribution in [-0.2, 0) is 11.2 Å². The fourth-order valence-corrected chi connectivity index (χ4v) is 6.54. The lowest BCUT2D eigenvalue weighted by Gasteiger charge is -2.59. The van der Waals surface area contributed by atoms with Crippen LogP contribution in [0.15, 0.2) is 4.79 Å². The summed E-state index contributed by atoms with van der Waals surface area (Å²) in [5.74, 6) is 2.83. The molecular formula is C21H31N3O2. The molecule has 142 valence electrons. The quantitative estimate of drug-likeness (QED) is 0.850. The molecule has 1 aromatic rings. The van der Waals surface area contributed by atoms with Gasteiger partial charge in [0.1, 0.15) is 0 Å². The Balaban J connectivity index is 1.37. The van der Waals surface area contributed by atoms with E-state index in [2.05, 4.69) is 22.2 Å². The predicted molar refractivity (Wildman–Crippen MR) is 101 cm³/mol. The van der Waals surface area contributed by atoms with Crippen molar-refractivity contribution in [2.75, 3.05) is 0 Å². The van der Waals surface area contributed by atoms with Crippen molar-refractivity contribution >= 4 is 5.91 Å². The highest BCUT2D eigenvalue weighted by molar-refractivity contribution is 5.76. The van der Waals surface area contributed by atoms with E-state index < -0.39 is 0 Å². The van der Waals surface area contributed by atoms with Crippen molar-refractivity contribution in [1.29, 1.82) is 0 Å². The lowest BCUT2D eigenvalue weighted by molar-refractivity contribution is -0.125. The maximum absolute atomic E-state index is 12.6. The number of hydrogen-bond donors (Lipinski definition) is 2. The summed E-state index contributed by atoms with van der Waals surface area (Å²) in [6.07, 6.45) is 9.29. The van der Waals surface area contributed by atoms with Crippen LogP contribution in [0.3, 0.4) is 0 Å². The second kappa shape index (κ2) is 6.50. The third-order valence-corrected chi connectivity index (χ3v) is 7.44. The van der Waals surface area contributed by atoms with Crippen LogP contribution in [0.2, 0.25) is 0 Å². The number of nitrogens with one attached hydrogen (secondary N) is 2. The number of carbonyl (C=O) groups excluding carboxylic acids is 1. The molecule has 2 N–H and O–H groups in total. The average molecular weight is 357 g/mol. The number of aromatic nitrogens is 2. The van der Waals surface area contributed by atoms with Crippen LogP contribution in [0, 0.1) is 37.0 Å². The number of H-pyrrole nitrogens is 1. The van der Waals surface area contributed by atoms with Gasteiger partial charge in [-0.3, -0.25) is 4.79 Å². The van der Waals surface area contributed by atoms with Crippen LogP contribution >= 0.6 is 0 Å². The first-order valence-electron chi connectivity index (χ1n) is 10.2. The van der Waals surface area contributed by atoms with E-state index in [4.69, 9.17) is 0 Å². The standard InChI is InChI=1S/C21H31N3O2/c1-12-18(13(2)23-20(26)22-12)4-5-19(25)24-14(3)21-9-15-6-16(10-21)8-17(7-15)11-21/h14-17H,4-11H2,1-3H3,(H,24,25)(H,22,23,26). The van der Waals surface area contributed by atoms with Crippen LogP contribution in [0.25, 0.3) is 0 Å². The molecule has 4 saturated carbocycles. The molecule has 1 unspecified atom stereocenters. The second-order valence-electron chi connectivity index (χ2n) is 9.30. The highest BCUT2D eigenvalue weighted by Gasteiger charge is 2.53. The van der Waals surface area contributed by atoms with Crippen LogP contribution < -0.4 is 11.0 Å². The maximum atomic E-state index is 12.6. The zero-order valence-electron chi connectivity index (χ0n) is 16.2. The molecular weight excluding hydrogens is 326 g/mol. The van der Waals surface area contributed by atoms with E-state index in [0.29, 0.717) is 18.3 Å². The molecule has 0 aromatic carbocycles. The molecule has 4 fully saturated rings. The highest BCUT2D eigenvalue weighted by Crippen LogP contribution is 2.61. The monoisotopic (exact) mass is 357 g/mol. The van der Waals surface area contributed by atoms with E-state index in [1.165, 1.54) is 38.5 Å². The molecule has 1 aromatic heterocycles. The van der Waals surface area contributed by atoms with Gasteiger partial charge in [-0.1, -0.05) is 0 Å². The Morgan fingerprint density at radius 2 is 1.77 bits per heavy atom. The molecule has 5 rings (SSSR count). The Bertz CT molecular complexity index is 705. The summed E-state index contributed by atoms with van der Waals surface area (Å²) in [5.41, 5.74) is 2.57. The van der Waals surface area contributed by atoms with Gasteiger partial charge in [0.2, 0.25) is 5.91 Å². The number of nitrogens with zero attached hydrogens (tertiary/aromatic N) is 1. The molecule has 4 bridgehead atoms. The summed E-state index contributed by atoms with van der Waals surface area (Å²) in [7, 11) is 0. The van der Waals surface area contributed by atoms with Crippen molar-refractivity contribution in [3.63, 3.8) is 0 Å². The van der Waals surface area contributed by atoms with Gasteiger partial charge in [0.15, 0.2) is 0 Å². The highest BCUT2D eigenvalue weighted by atomic mass is 16.1. The second-order valence-corrected chi connectivity index (χ2v) is 9.30. The molecule has 5 heteroatoms. The normalized spacial score (nSPS) is 33.3. The summed E-state index contributed by atoms with van der Waals surface area (Å²) < 4.78 is 0. The summed E-state index contributed by atoms with van der Waals surface area (Å²) in [6.45, 7) is 5.94. The molecule has 4 aliphatic carbocycles. The topological polar surface area (TPSA) is 74.8 Å². The molecule has 1 heterocycles. The SMILES string of the molecule is Cc1nc(=O)[nH]c(C)c1CCC(=O)NC(C)C12CC3CC(CC(C3)C1)C2. The number of aromatic amines is 1. The van der Waals surface area contributed by atoms with Crippen LogP contribution in [0.5, 0.6) is 0 Å². The first kappa shape index (κ1) is 17.7. The molecule has 5 nitrogen and oxygen atoms in total. The van der Waals surface area contributed by atoms with E-state index in [1.54, 1.807) is 0 Å². The first-order valence-corrected chi connectivity index (χ1v) is 10.2. The van der Waals surface area contributed by atoms with Gasteiger partial charge in [0.25, 0.3) is 0 Å². The number of carbonyl (C=O) groups is 1. The molecule has 1 amide bonds. The predicted octanol–water partition coefficient (Wildman–Crippen LogP) is 3.04. The largest absolute Gasteiger partial charge is 0.353 e. The van der Waals surface area contributed by atoms with Crippen molar-refractivity contribution in [2.24, 2.45) is 23.2 Å². The van der Waals surface area contributed by atoms with Crippen molar-refractivity contribution in [1.82, 2.24) is 15.3 Å². The summed E-state index contributed by atoms with van der Waals surface area (Å²) in [5, 5.41) is 3.33.